The number of halogens is 2. The molecule has 0 N–H and O–H groups in total. The number of fused-ring (bicyclic) bond motifs is 1. The van der Waals surface area contributed by atoms with E-state index in [0.717, 1.165) is 5.56 Å². The number of ether oxygens (including phenoxy) is 3. The van der Waals surface area contributed by atoms with Gasteiger partial charge in [0.2, 0.25) is 0 Å². The summed E-state index contributed by atoms with van der Waals surface area (Å²) in [5, 5.41) is 9.56. The average Bonchev–Trinajstić information content (AvgIpc) is 2.81. The van der Waals surface area contributed by atoms with Gasteiger partial charge < -0.3 is 14.2 Å². The third kappa shape index (κ3) is 3.98. The van der Waals surface area contributed by atoms with Gasteiger partial charge in [0.25, 0.3) is 0 Å². The van der Waals surface area contributed by atoms with Crippen molar-refractivity contribution >= 4 is 10.9 Å². The van der Waals surface area contributed by atoms with E-state index in [0.29, 0.717) is 22.4 Å². The van der Waals surface area contributed by atoms with Gasteiger partial charge in [-0.25, -0.2) is 13.8 Å². The number of nitriles is 1. The lowest BCUT2D eigenvalue weighted by Crippen LogP contribution is -2.49. The van der Waals surface area contributed by atoms with Gasteiger partial charge in [0.15, 0.2) is 0 Å². The van der Waals surface area contributed by atoms with Crippen LogP contribution in [0.5, 0.6) is 11.5 Å². The molecule has 1 saturated heterocycles. The summed E-state index contributed by atoms with van der Waals surface area (Å²) in [5.74, 6) is -0.213. The number of hydrogen-bond acceptors (Lipinski definition) is 5. The molecule has 5 rings (SSSR count). The standard InChI is InChI=1S/C27H20F2N2O3/c1-17-24(12-20-4-2-6-22(29)26(20)31-17)34-23-7-3-5-21(28)25(23)27(15-32-16-27)33-14-19-10-8-18(13-30)9-11-19/h2-12H,14-16H2,1H3. The van der Waals surface area contributed by atoms with E-state index in [1.165, 1.54) is 12.1 Å². The maximum atomic E-state index is 15.2. The lowest BCUT2D eigenvalue weighted by Gasteiger charge is -2.42. The topological polar surface area (TPSA) is 64.4 Å². The third-order valence-corrected chi connectivity index (χ3v) is 5.86. The van der Waals surface area contributed by atoms with Crippen LogP contribution in [0, 0.1) is 29.9 Å². The van der Waals surface area contributed by atoms with E-state index in [9.17, 15) is 4.39 Å². The summed E-state index contributed by atoms with van der Waals surface area (Å²) in [6.45, 7) is 2.25. The first-order valence-corrected chi connectivity index (χ1v) is 10.7. The molecule has 0 aliphatic carbocycles. The van der Waals surface area contributed by atoms with Crippen molar-refractivity contribution in [2.75, 3.05) is 13.2 Å². The van der Waals surface area contributed by atoms with Gasteiger partial charge in [-0.1, -0.05) is 30.3 Å². The zero-order chi connectivity index (χ0) is 23.7. The quantitative estimate of drug-likeness (QED) is 0.358. The van der Waals surface area contributed by atoms with Crippen LogP contribution in [0.2, 0.25) is 0 Å². The van der Waals surface area contributed by atoms with E-state index in [-0.39, 0.29) is 36.7 Å². The smallest absolute Gasteiger partial charge is 0.149 e. The van der Waals surface area contributed by atoms with Crippen LogP contribution in [-0.4, -0.2) is 18.2 Å². The molecule has 0 unspecified atom stereocenters. The molecular formula is C27H20F2N2O3. The average molecular weight is 458 g/mol. The van der Waals surface area contributed by atoms with Gasteiger partial charge in [0, 0.05) is 5.39 Å². The van der Waals surface area contributed by atoms with Crippen LogP contribution in [-0.2, 0) is 21.7 Å². The largest absolute Gasteiger partial charge is 0.455 e. The van der Waals surface area contributed by atoms with Crippen LogP contribution >= 0.6 is 0 Å². The van der Waals surface area contributed by atoms with E-state index >= 15 is 4.39 Å². The first kappa shape index (κ1) is 22.0. The second-order valence-electron chi connectivity index (χ2n) is 8.18. The Morgan fingerprint density at radius 3 is 2.44 bits per heavy atom. The highest BCUT2D eigenvalue weighted by Gasteiger charge is 2.46. The molecule has 7 heteroatoms. The predicted octanol–water partition coefficient (Wildman–Crippen LogP) is 5.93. The summed E-state index contributed by atoms with van der Waals surface area (Å²) < 4.78 is 47.1. The SMILES string of the molecule is Cc1nc2c(F)cccc2cc1Oc1cccc(F)c1C1(OCc2ccc(C#N)cc2)COC1. The van der Waals surface area contributed by atoms with Crippen molar-refractivity contribution in [1.29, 1.82) is 5.26 Å². The molecule has 0 spiro atoms. The Kier molecular flexibility index (Phi) is 5.70. The fourth-order valence-electron chi connectivity index (χ4n) is 3.97. The van der Waals surface area contributed by atoms with Gasteiger partial charge in [-0.15, -0.1) is 0 Å². The maximum Gasteiger partial charge on any atom is 0.149 e. The number of pyridine rings is 1. The zero-order valence-corrected chi connectivity index (χ0v) is 18.3. The summed E-state index contributed by atoms with van der Waals surface area (Å²) in [6.07, 6.45) is 0. The lowest BCUT2D eigenvalue weighted by atomic mass is 9.90. The molecule has 0 radical (unpaired) electrons. The van der Waals surface area contributed by atoms with Gasteiger partial charge in [0.05, 0.1) is 42.7 Å². The number of rotatable bonds is 6. The van der Waals surface area contributed by atoms with Gasteiger partial charge >= 0.3 is 0 Å². The van der Waals surface area contributed by atoms with E-state index in [2.05, 4.69) is 11.1 Å². The molecule has 1 aliphatic heterocycles. The van der Waals surface area contributed by atoms with Gasteiger partial charge in [-0.2, -0.15) is 5.26 Å². The predicted molar refractivity (Wildman–Crippen MR) is 121 cm³/mol. The molecule has 4 aromatic rings. The number of aromatic nitrogens is 1. The van der Waals surface area contributed by atoms with E-state index in [1.54, 1.807) is 61.5 Å². The summed E-state index contributed by atoms with van der Waals surface area (Å²) in [6, 6.07) is 20.1. The second-order valence-corrected chi connectivity index (χ2v) is 8.18. The van der Waals surface area contributed by atoms with Crippen molar-refractivity contribution in [3.8, 4) is 17.6 Å². The van der Waals surface area contributed by atoms with Crippen LogP contribution in [0.25, 0.3) is 10.9 Å². The lowest BCUT2D eigenvalue weighted by molar-refractivity contribution is -0.224. The fourth-order valence-corrected chi connectivity index (χ4v) is 3.97. The summed E-state index contributed by atoms with van der Waals surface area (Å²) >= 11 is 0. The number of para-hydroxylation sites is 1. The number of aryl methyl sites for hydroxylation is 1. The highest BCUT2D eigenvalue weighted by molar-refractivity contribution is 5.81. The highest BCUT2D eigenvalue weighted by atomic mass is 19.1. The maximum absolute atomic E-state index is 15.2. The Morgan fingerprint density at radius 2 is 1.74 bits per heavy atom. The first-order chi connectivity index (χ1) is 16.5. The molecule has 2 heterocycles. The molecule has 1 fully saturated rings. The van der Waals surface area contributed by atoms with Crippen molar-refractivity contribution in [3.63, 3.8) is 0 Å². The van der Waals surface area contributed by atoms with E-state index in [1.807, 2.05) is 0 Å². The molecule has 0 amide bonds. The van der Waals surface area contributed by atoms with Crippen molar-refractivity contribution < 1.29 is 23.0 Å². The molecule has 0 bridgehead atoms. The Labute approximate surface area is 195 Å². The second kappa shape index (κ2) is 8.82. The van der Waals surface area contributed by atoms with Crippen molar-refractivity contribution in [1.82, 2.24) is 4.98 Å². The molecule has 1 aliphatic rings. The van der Waals surface area contributed by atoms with Crippen LogP contribution < -0.4 is 4.74 Å². The van der Waals surface area contributed by atoms with Gasteiger partial charge in [0.1, 0.15) is 34.3 Å². The Hall–Kier alpha value is -3.86. The molecule has 170 valence electrons. The monoisotopic (exact) mass is 458 g/mol. The normalized spacial score (nSPS) is 14.4. The molecule has 34 heavy (non-hydrogen) atoms. The van der Waals surface area contributed by atoms with Gasteiger partial charge in [-0.3, -0.25) is 0 Å². The number of nitrogens with zero attached hydrogens (tertiary/aromatic N) is 2. The minimum absolute atomic E-state index is 0.167. The summed E-state index contributed by atoms with van der Waals surface area (Å²) in [5.41, 5.74) is 1.36. The van der Waals surface area contributed by atoms with Crippen molar-refractivity contribution in [2.24, 2.45) is 0 Å². The Balaban J connectivity index is 1.48. The number of benzene rings is 3. The minimum atomic E-state index is -1.03. The molecular weight excluding hydrogens is 438 g/mol. The summed E-state index contributed by atoms with van der Waals surface area (Å²) in [4.78, 5) is 4.34. The summed E-state index contributed by atoms with van der Waals surface area (Å²) in [7, 11) is 0. The third-order valence-electron chi connectivity index (χ3n) is 5.86. The first-order valence-electron chi connectivity index (χ1n) is 10.7. The molecule has 5 nitrogen and oxygen atoms in total. The van der Waals surface area contributed by atoms with E-state index in [4.69, 9.17) is 19.5 Å². The van der Waals surface area contributed by atoms with Crippen molar-refractivity contribution in [3.05, 3.63) is 101 Å². The molecule has 0 atom stereocenters. The fraction of sp³-hybridized carbons (Fsp3) is 0.185. The van der Waals surface area contributed by atoms with Gasteiger partial charge in [-0.05, 0) is 48.9 Å². The Bertz CT molecular complexity index is 1410. The van der Waals surface area contributed by atoms with E-state index < -0.39 is 17.2 Å². The van der Waals surface area contributed by atoms with Crippen LogP contribution in [0.15, 0.2) is 66.7 Å². The zero-order valence-electron chi connectivity index (χ0n) is 18.3. The Morgan fingerprint density at radius 1 is 1.00 bits per heavy atom. The molecule has 0 saturated carbocycles. The van der Waals surface area contributed by atoms with Crippen molar-refractivity contribution in [2.45, 2.75) is 19.1 Å². The van der Waals surface area contributed by atoms with Crippen LogP contribution in [0.4, 0.5) is 8.78 Å². The molecule has 1 aromatic heterocycles. The minimum Gasteiger partial charge on any atom is -0.455 e. The number of hydrogen-bond donors (Lipinski definition) is 0. The highest BCUT2D eigenvalue weighted by Crippen LogP contribution is 2.43. The van der Waals surface area contributed by atoms with Crippen LogP contribution in [0.3, 0.4) is 0 Å². The van der Waals surface area contributed by atoms with Crippen LogP contribution in [0.1, 0.15) is 22.4 Å². The molecule has 3 aromatic carbocycles.